The number of aliphatic carboxylic acids is 1. The maximum atomic E-state index is 11.1. The minimum atomic E-state index is -0.861. The van der Waals surface area contributed by atoms with Crippen molar-refractivity contribution in [1.82, 2.24) is 14.9 Å². The first-order chi connectivity index (χ1) is 16.5. The van der Waals surface area contributed by atoms with E-state index in [9.17, 15) is 4.79 Å². The van der Waals surface area contributed by atoms with E-state index in [1.165, 1.54) is 5.56 Å². The van der Waals surface area contributed by atoms with Gasteiger partial charge in [-0.25, -0.2) is 9.97 Å². The number of ether oxygens (including phenoxy) is 1. The summed E-state index contributed by atoms with van der Waals surface area (Å²) in [5, 5.41) is 9.11. The van der Waals surface area contributed by atoms with Crippen LogP contribution in [0.15, 0.2) is 54.7 Å². The number of carboxylic acids is 1. The smallest absolute Gasteiger partial charge is 0.304 e. The summed E-state index contributed by atoms with van der Waals surface area (Å²) in [7, 11) is 0. The molecule has 1 aromatic heterocycles. The summed E-state index contributed by atoms with van der Waals surface area (Å²) in [6, 6.07) is 15.9. The number of carbonyl (C=O) groups is 1. The second-order valence-electron chi connectivity index (χ2n) is 8.38. The van der Waals surface area contributed by atoms with Gasteiger partial charge in [0.1, 0.15) is 12.4 Å². The van der Waals surface area contributed by atoms with Crippen LogP contribution >= 0.6 is 0 Å². The topological polar surface area (TPSA) is 102 Å². The minimum absolute atomic E-state index is 0.0163. The molecule has 34 heavy (non-hydrogen) atoms. The predicted octanol–water partition coefficient (Wildman–Crippen LogP) is 3.78. The summed E-state index contributed by atoms with van der Waals surface area (Å²) in [6.07, 6.45) is 2.69. The van der Waals surface area contributed by atoms with E-state index >= 15 is 0 Å². The molecule has 3 N–H and O–H groups in total. The van der Waals surface area contributed by atoms with E-state index in [1.807, 2.05) is 30.5 Å². The Hall–Kier alpha value is -3.89. The quantitative estimate of drug-likeness (QED) is 0.498. The zero-order chi connectivity index (χ0) is 23.9. The Morgan fingerprint density at radius 2 is 2.03 bits per heavy atom. The lowest BCUT2D eigenvalue weighted by Crippen LogP contribution is -2.31. The standard InChI is InChI=1S/C27H28N4O3/c1-2-4-22(14-26(32)33)21-7-9-24(10-8-21)34-18-20-6-3-5-19(13-20)16-31-12-11-25-23(17-31)15-29-27(28)30-25/h3,5-10,13,15,22H,11-12,14,16-18H2,1H3,(H,32,33)(H2,28,29,30)/t22-/m0/s1. The summed E-state index contributed by atoms with van der Waals surface area (Å²) in [5.41, 5.74) is 11.1. The van der Waals surface area contributed by atoms with E-state index in [4.69, 9.17) is 15.6 Å². The van der Waals surface area contributed by atoms with Crippen LogP contribution in [-0.4, -0.2) is 32.5 Å². The fourth-order valence-corrected chi connectivity index (χ4v) is 4.17. The lowest BCUT2D eigenvalue weighted by molar-refractivity contribution is -0.137. The van der Waals surface area contributed by atoms with Gasteiger partial charge in [0, 0.05) is 37.8 Å². The highest BCUT2D eigenvalue weighted by Gasteiger charge is 2.18. The fourth-order valence-electron chi connectivity index (χ4n) is 4.17. The van der Waals surface area contributed by atoms with Gasteiger partial charge in [-0.1, -0.05) is 42.3 Å². The van der Waals surface area contributed by atoms with Crippen molar-refractivity contribution in [2.24, 2.45) is 0 Å². The van der Waals surface area contributed by atoms with Crippen LogP contribution in [0.4, 0.5) is 5.95 Å². The monoisotopic (exact) mass is 456 g/mol. The number of hydrogen-bond donors (Lipinski definition) is 2. The molecular weight excluding hydrogens is 428 g/mol. The molecule has 0 amide bonds. The molecule has 1 aliphatic heterocycles. The van der Waals surface area contributed by atoms with Gasteiger partial charge in [0.05, 0.1) is 18.0 Å². The first kappa shape index (κ1) is 23.3. The van der Waals surface area contributed by atoms with Gasteiger partial charge in [-0.15, -0.1) is 5.92 Å². The lowest BCUT2D eigenvalue weighted by Gasteiger charge is -2.28. The van der Waals surface area contributed by atoms with Gasteiger partial charge in [0.25, 0.3) is 0 Å². The Balaban J connectivity index is 1.34. The fraction of sp³-hybridized carbons (Fsp3) is 0.296. The summed E-state index contributed by atoms with van der Waals surface area (Å²) in [4.78, 5) is 22.0. The van der Waals surface area contributed by atoms with E-state index in [0.717, 1.165) is 54.2 Å². The molecule has 174 valence electrons. The van der Waals surface area contributed by atoms with Crippen LogP contribution in [0.25, 0.3) is 0 Å². The van der Waals surface area contributed by atoms with Crippen LogP contribution in [0, 0.1) is 11.8 Å². The number of anilines is 1. The summed E-state index contributed by atoms with van der Waals surface area (Å²) >= 11 is 0. The van der Waals surface area contributed by atoms with Crippen LogP contribution < -0.4 is 10.5 Å². The van der Waals surface area contributed by atoms with E-state index in [0.29, 0.717) is 12.6 Å². The third-order valence-electron chi connectivity index (χ3n) is 5.81. The van der Waals surface area contributed by atoms with Crippen molar-refractivity contribution >= 4 is 11.9 Å². The van der Waals surface area contributed by atoms with Crippen LogP contribution in [-0.2, 0) is 30.9 Å². The molecule has 0 saturated carbocycles. The number of hydrogen-bond acceptors (Lipinski definition) is 6. The third-order valence-corrected chi connectivity index (χ3v) is 5.81. The summed E-state index contributed by atoms with van der Waals surface area (Å²) in [5.74, 6) is 5.67. The van der Waals surface area contributed by atoms with Crippen LogP contribution in [0.1, 0.15) is 47.2 Å². The Morgan fingerprint density at radius 3 is 2.79 bits per heavy atom. The van der Waals surface area contributed by atoms with E-state index in [-0.39, 0.29) is 12.3 Å². The Morgan fingerprint density at radius 1 is 1.24 bits per heavy atom. The van der Waals surface area contributed by atoms with Gasteiger partial charge < -0.3 is 15.6 Å². The molecule has 2 aromatic carbocycles. The Labute approximate surface area is 199 Å². The average Bonchev–Trinajstić information content (AvgIpc) is 2.83. The number of aromatic nitrogens is 2. The summed E-state index contributed by atoms with van der Waals surface area (Å²) < 4.78 is 5.98. The van der Waals surface area contributed by atoms with Gasteiger partial charge in [-0.3, -0.25) is 9.69 Å². The molecule has 0 bridgehead atoms. The van der Waals surface area contributed by atoms with Crippen molar-refractivity contribution in [3.63, 3.8) is 0 Å². The molecule has 0 spiro atoms. The van der Waals surface area contributed by atoms with Gasteiger partial charge in [-0.05, 0) is 35.7 Å². The van der Waals surface area contributed by atoms with E-state index in [2.05, 4.69) is 51.0 Å². The molecule has 0 saturated heterocycles. The number of nitrogens with zero attached hydrogens (tertiary/aromatic N) is 3. The van der Waals surface area contributed by atoms with Gasteiger partial charge in [0.15, 0.2) is 0 Å². The highest BCUT2D eigenvalue weighted by Crippen LogP contribution is 2.23. The third kappa shape index (κ3) is 6.12. The zero-order valence-corrected chi connectivity index (χ0v) is 19.2. The molecule has 4 rings (SSSR count). The number of fused-ring (bicyclic) bond motifs is 1. The molecule has 0 aliphatic carbocycles. The van der Waals surface area contributed by atoms with Gasteiger partial charge >= 0.3 is 5.97 Å². The average molecular weight is 457 g/mol. The van der Waals surface area contributed by atoms with Crippen molar-refractivity contribution in [2.75, 3.05) is 12.3 Å². The van der Waals surface area contributed by atoms with Crippen LogP contribution in [0.5, 0.6) is 5.75 Å². The van der Waals surface area contributed by atoms with Crippen molar-refractivity contribution in [3.05, 3.63) is 82.7 Å². The largest absolute Gasteiger partial charge is 0.489 e. The van der Waals surface area contributed by atoms with E-state index < -0.39 is 5.97 Å². The number of benzene rings is 2. The molecule has 0 unspecified atom stereocenters. The molecule has 0 radical (unpaired) electrons. The summed E-state index contributed by atoms with van der Waals surface area (Å²) in [6.45, 7) is 4.76. The molecule has 1 aliphatic rings. The number of nitrogens with two attached hydrogens (primary N) is 1. The first-order valence-corrected chi connectivity index (χ1v) is 11.3. The maximum absolute atomic E-state index is 11.1. The van der Waals surface area contributed by atoms with Crippen molar-refractivity contribution in [2.45, 2.75) is 45.4 Å². The highest BCUT2D eigenvalue weighted by atomic mass is 16.5. The predicted molar refractivity (Wildman–Crippen MR) is 130 cm³/mol. The van der Waals surface area contributed by atoms with Crippen molar-refractivity contribution in [3.8, 4) is 17.6 Å². The highest BCUT2D eigenvalue weighted by molar-refractivity contribution is 5.69. The SMILES string of the molecule is CC#C[C@@H](CC(=O)O)c1ccc(OCc2cccc(CN3CCc4nc(N)ncc4C3)c2)cc1. The van der Waals surface area contributed by atoms with Crippen LogP contribution in [0.2, 0.25) is 0 Å². The Kier molecular flexibility index (Phi) is 7.41. The lowest BCUT2D eigenvalue weighted by atomic mass is 9.96. The molecule has 2 heterocycles. The zero-order valence-electron chi connectivity index (χ0n) is 19.2. The number of rotatable bonds is 8. The van der Waals surface area contributed by atoms with Gasteiger partial charge in [0.2, 0.25) is 5.95 Å². The maximum Gasteiger partial charge on any atom is 0.304 e. The Bertz CT molecular complexity index is 1210. The van der Waals surface area contributed by atoms with E-state index in [1.54, 1.807) is 6.92 Å². The molecule has 1 atom stereocenters. The second kappa shape index (κ2) is 10.8. The number of carboxylic acid groups (broad SMARTS) is 1. The molecule has 7 nitrogen and oxygen atoms in total. The number of nitrogen functional groups attached to an aromatic ring is 1. The molecule has 3 aromatic rings. The van der Waals surface area contributed by atoms with Crippen molar-refractivity contribution in [1.29, 1.82) is 0 Å². The molecule has 7 heteroatoms. The second-order valence-corrected chi connectivity index (χ2v) is 8.38. The molecule has 0 fully saturated rings. The molecular formula is C27H28N4O3. The normalized spacial score (nSPS) is 13.9. The van der Waals surface area contributed by atoms with Crippen LogP contribution in [0.3, 0.4) is 0 Å². The van der Waals surface area contributed by atoms with Crippen molar-refractivity contribution < 1.29 is 14.6 Å². The minimum Gasteiger partial charge on any atom is -0.489 e. The first-order valence-electron chi connectivity index (χ1n) is 11.3. The van der Waals surface area contributed by atoms with Gasteiger partial charge in [-0.2, -0.15) is 0 Å².